The summed E-state index contributed by atoms with van der Waals surface area (Å²) in [6.45, 7) is 1.31. The van der Waals surface area contributed by atoms with Crippen molar-refractivity contribution in [2.24, 2.45) is 0 Å². The largest absolute Gasteiger partial charge is 0.491 e. The fourth-order valence-corrected chi connectivity index (χ4v) is 1.93. The number of hydrogen-bond donors (Lipinski definition) is 2. The van der Waals surface area contributed by atoms with Crippen LogP contribution in [-0.4, -0.2) is 18.6 Å². The number of carbonyl (C=O) groups excluding carboxylic acids is 1. The molecule has 1 aliphatic heterocycles. The van der Waals surface area contributed by atoms with E-state index in [2.05, 4.69) is 10.6 Å². The van der Waals surface area contributed by atoms with Crippen LogP contribution in [0.5, 0.6) is 5.75 Å². The molecule has 1 aromatic carbocycles. The predicted molar refractivity (Wildman–Crippen MR) is 65.0 cm³/mol. The summed E-state index contributed by atoms with van der Waals surface area (Å²) in [6.07, 6.45) is 2.99. The first-order chi connectivity index (χ1) is 8.31. The van der Waals surface area contributed by atoms with Crippen LogP contribution < -0.4 is 15.4 Å². The molecule has 1 fully saturated rings. The van der Waals surface area contributed by atoms with Gasteiger partial charge in [-0.05, 0) is 30.5 Å². The monoisotopic (exact) mass is 232 g/mol. The van der Waals surface area contributed by atoms with Gasteiger partial charge in [0.2, 0.25) is 5.91 Å². The molecule has 0 atom stereocenters. The summed E-state index contributed by atoms with van der Waals surface area (Å²) in [7, 11) is 0. The number of carbonyl (C=O) groups is 1. The normalized spacial score (nSPS) is 18.9. The van der Waals surface area contributed by atoms with Crippen molar-refractivity contribution in [1.82, 2.24) is 5.32 Å². The van der Waals surface area contributed by atoms with Crippen LogP contribution in [0.15, 0.2) is 18.2 Å². The molecule has 1 amide bonds. The fourth-order valence-electron chi connectivity index (χ4n) is 1.93. The number of fused-ring (bicyclic) bond motifs is 1. The van der Waals surface area contributed by atoms with Crippen LogP contribution in [0.2, 0.25) is 0 Å². The molecule has 1 heterocycles. The molecule has 0 aromatic heterocycles. The summed E-state index contributed by atoms with van der Waals surface area (Å²) in [4.78, 5) is 11.4. The third-order valence-electron chi connectivity index (χ3n) is 3.08. The van der Waals surface area contributed by atoms with Crippen LogP contribution in [0.3, 0.4) is 0 Å². The van der Waals surface area contributed by atoms with Gasteiger partial charge in [-0.25, -0.2) is 0 Å². The first kappa shape index (κ1) is 10.6. The second kappa shape index (κ2) is 4.37. The summed E-state index contributed by atoms with van der Waals surface area (Å²) in [6, 6.07) is 6.67. The lowest BCUT2D eigenvalue weighted by Gasteiger charge is -2.09. The Kier molecular flexibility index (Phi) is 2.73. The lowest BCUT2D eigenvalue weighted by molar-refractivity contribution is -0.116. The van der Waals surface area contributed by atoms with Crippen molar-refractivity contribution in [1.29, 1.82) is 0 Å². The molecule has 2 N–H and O–H groups in total. The Hall–Kier alpha value is -1.55. The number of ether oxygens (including phenoxy) is 1. The summed E-state index contributed by atoms with van der Waals surface area (Å²) in [5.41, 5.74) is 1.98. The SMILES string of the molecule is O=C1CCOc2ccc(CNC3CC3)cc2N1. The van der Waals surface area contributed by atoms with Gasteiger partial charge in [-0.1, -0.05) is 6.07 Å². The highest BCUT2D eigenvalue weighted by atomic mass is 16.5. The van der Waals surface area contributed by atoms with Gasteiger partial charge in [0.05, 0.1) is 18.7 Å². The summed E-state index contributed by atoms with van der Waals surface area (Å²) in [5, 5.41) is 6.33. The third-order valence-corrected chi connectivity index (χ3v) is 3.08. The zero-order chi connectivity index (χ0) is 11.7. The van der Waals surface area contributed by atoms with E-state index in [0.29, 0.717) is 19.1 Å². The van der Waals surface area contributed by atoms with Crippen LogP contribution in [0.4, 0.5) is 5.69 Å². The highest BCUT2D eigenvalue weighted by molar-refractivity contribution is 5.93. The molecule has 0 spiro atoms. The minimum absolute atomic E-state index is 0.0241. The minimum Gasteiger partial charge on any atom is -0.491 e. The number of nitrogens with one attached hydrogen (secondary N) is 2. The quantitative estimate of drug-likeness (QED) is 0.833. The Morgan fingerprint density at radius 3 is 3.12 bits per heavy atom. The lowest BCUT2D eigenvalue weighted by atomic mass is 10.2. The molecule has 1 aromatic rings. The van der Waals surface area contributed by atoms with E-state index in [1.807, 2.05) is 18.2 Å². The van der Waals surface area contributed by atoms with Crippen LogP contribution >= 0.6 is 0 Å². The smallest absolute Gasteiger partial charge is 0.227 e. The number of benzene rings is 1. The number of anilines is 1. The van der Waals surface area contributed by atoms with E-state index in [-0.39, 0.29) is 5.91 Å². The molecule has 4 nitrogen and oxygen atoms in total. The lowest BCUT2D eigenvalue weighted by Crippen LogP contribution is -2.15. The van der Waals surface area contributed by atoms with Crippen molar-refractivity contribution >= 4 is 11.6 Å². The van der Waals surface area contributed by atoms with Gasteiger partial charge in [0.25, 0.3) is 0 Å². The Morgan fingerprint density at radius 2 is 2.29 bits per heavy atom. The molecule has 0 unspecified atom stereocenters. The van der Waals surface area contributed by atoms with Gasteiger partial charge in [-0.2, -0.15) is 0 Å². The number of amides is 1. The molecule has 4 heteroatoms. The molecule has 0 bridgehead atoms. The third kappa shape index (κ3) is 2.58. The second-order valence-electron chi connectivity index (χ2n) is 4.63. The van der Waals surface area contributed by atoms with Gasteiger partial charge >= 0.3 is 0 Å². The van der Waals surface area contributed by atoms with E-state index in [1.54, 1.807) is 0 Å². The number of rotatable bonds is 3. The maximum Gasteiger partial charge on any atom is 0.227 e. The van der Waals surface area contributed by atoms with Crippen molar-refractivity contribution in [3.63, 3.8) is 0 Å². The van der Waals surface area contributed by atoms with Gasteiger partial charge in [0.15, 0.2) is 0 Å². The zero-order valence-electron chi connectivity index (χ0n) is 9.66. The van der Waals surface area contributed by atoms with Gasteiger partial charge in [-0.15, -0.1) is 0 Å². The fraction of sp³-hybridized carbons (Fsp3) is 0.462. The van der Waals surface area contributed by atoms with Gasteiger partial charge in [0, 0.05) is 12.6 Å². The summed E-state index contributed by atoms with van der Waals surface area (Å²) < 4.78 is 5.51. The van der Waals surface area contributed by atoms with Crippen molar-refractivity contribution in [2.75, 3.05) is 11.9 Å². The van der Waals surface area contributed by atoms with Crippen LogP contribution in [0.1, 0.15) is 24.8 Å². The van der Waals surface area contributed by atoms with E-state index in [9.17, 15) is 4.79 Å². The molecule has 90 valence electrons. The molecule has 17 heavy (non-hydrogen) atoms. The highest BCUT2D eigenvalue weighted by Gasteiger charge is 2.20. The molecule has 0 radical (unpaired) electrons. The second-order valence-corrected chi connectivity index (χ2v) is 4.63. The van der Waals surface area contributed by atoms with E-state index in [4.69, 9.17) is 4.74 Å². The Labute approximate surface area is 100 Å². The van der Waals surface area contributed by atoms with Crippen molar-refractivity contribution in [3.05, 3.63) is 23.8 Å². The Balaban J connectivity index is 1.75. The first-order valence-electron chi connectivity index (χ1n) is 6.10. The Bertz CT molecular complexity index is 441. The van der Waals surface area contributed by atoms with E-state index >= 15 is 0 Å². The molecule has 2 aliphatic rings. The maximum absolute atomic E-state index is 11.4. The molecule has 1 saturated carbocycles. The predicted octanol–water partition coefficient (Wildman–Crippen LogP) is 1.66. The van der Waals surface area contributed by atoms with Crippen LogP contribution in [-0.2, 0) is 11.3 Å². The average molecular weight is 232 g/mol. The summed E-state index contributed by atoms with van der Waals surface area (Å²) >= 11 is 0. The molecular formula is C13H16N2O2. The number of hydrogen-bond acceptors (Lipinski definition) is 3. The van der Waals surface area contributed by atoms with E-state index in [0.717, 1.165) is 18.0 Å². The topological polar surface area (TPSA) is 50.4 Å². The minimum atomic E-state index is 0.0241. The first-order valence-corrected chi connectivity index (χ1v) is 6.10. The summed E-state index contributed by atoms with van der Waals surface area (Å²) in [5.74, 6) is 0.794. The van der Waals surface area contributed by atoms with E-state index in [1.165, 1.54) is 18.4 Å². The molecule has 0 saturated heterocycles. The Morgan fingerprint density at radius 1 is 1.41 bits per heavy atom. The van der Waals surface area contributed by atoms with Crippen LogP contribution in [0.25, 0.3) is 0 Å². The van der Waals surface area contributed by atoms with Gasteiger partial charge in [0.1, 0.15) is 5.75 Å². The van der Waals surface area contributed by atoms with Crippen molar-refractivity contribution in [2.45, 2.75) is 31.8 Å². The molecular weight excluding hydrogens is 216 g/mol. The van der Waals surface area contributed by atoms with Crippen molar-refractivity contribution in [3.8, 4) is 5.75 Å². The zero-order valence-corrected chi connectivity index (χ0v) is 9.66. The van der Waals surface area contributed by atoms with Crippen LogP contribution in [0, 0.1) is 0 Å². The molecule has 3 rings (SSSR count). The van der Waals surface area contributed by atoms with Gasteiger partial charge in [-0.3, -0.25) is 4.79 Å². The van der Waals surface area contributed by atoms with Gasteiger partial charge < -0.3 is 15.4 Å². The highest BCUT2D eigenvalue weighted by Crippen LogP contribution is 2.28. The van der Waals surface area contributed by atoms with E-state index < -0.39 is 0 Å². The van der Waals surface area contributed by atoms with Crippen molar-refractivity contribution < 1.29 is 9.53 Å². The maximum atomic E-state index is 11.4. The molecule has 1 aliphatic carbocycles. The standard InChI is InChI=1S/C13H16N2O2/c16-13-5-6-17-12-4-1-9(7-11(12)15-13)8-14-10-2-3-10/h1,4,7,10,14H,2-3,5-6,8H2,(H,15,16). The average Bonchev–Trinajstić information content (AvgIpc) is 3.12.